The molecule has 1 fully saturated rings. The SMILES string of the molecule is O=C(CCC(=O)N1CCc2sccc2C1)NCCNC1CCCCCC1. The minimum Gasteiger partial charge on any atom is -0.355 e. The van der Waals surface area contributed by atoms with Gasteiger partial charge in [0.25, 0.3) is 0 Å². The molecule has 1 aliphatic carbocycles. The van der Waals surface area contributed by atoms with Gasteiger partial charge in [-0.05, 0) is 36.3 Å². The largest absolute Gasteiger partial charge is 0.355 e. The van der Waals surface area contributed by atoms with Gasteiger partial charge >= 0.3 is 0 Å². The predicted octanol–water partition coefficient (Wildman–Crippen LogP) is 2.84. The molecule has 26 heavy (non-hydrogen) atoms. The van der Waals surface area contributed by atoms with E-state index in [4.69, 9.17) is 0 Å². The normalized spacial score (nSPS) is 18.2. The number of nitrogens with one attached hydrogen (secondary N) is 2. The highest BCUT2D eigenvalue weighted by molar-refractivity contribution is 7.10. The second kappa shape index (κ2) is 10.1. The van der Waals surface area contributed by atoms with E-state index >= 15 is 0 Å². The molecule has 144 valence electrons. The van der Waals surface area contributed by atoms with Crippen molar-refractivity contribution in [2.24, 2.45) is 0 Å². The first kappa shape index (κ1) is 19.4. The van der Waals surface area contributed by atoms with Crippen LogP contribution in [0.15, 0.2) is 11.4 Å². The molecule has 5 nitrogen and oxygen atoms in total. The molecule has 1 aromatic heterocycles. The summed E-state index contributed by atoms with van der Waals surface area (Å²) < 4.78 is 0. The molecule has 1 saturated carbocycles. The topological polar surface area (TPSA) is 61.4 Å². The zero-order valence-electron chi connectivity index (χ0n) is 15.6. The average Bonchev–Trinajstić information content (AvgIpc) is 2.97. The number of rotatable bonds is 7. The standard InChI is InChI=1S/C20H31N3O2S/c24-19(22-12-11-21-17-5-3-1-2-4-6-17)7-8-20(25)23-13-9-18-16(15-23)10-14-26-18/h10,14,17,21H,1-9,11-13,15H2,(H,22,24). The molecule has 3 rings (SSSR count). The van der Waals surface area contributed by atoms with Crippen molar-refractivity contribution in [1.82, 2.24) is 15.5 Å². The lowest BCUT2D eigenvalue weighted by Crippen LogP contribution is -2.38. The maximum absolute atomic E-state index is 12.3. The Morgan fingerprint density at radius 2 is 1.92 bits per heavy atom. The Bertz CT molecular complexity index is 594. The van der Waals surface area contributed by atoms with Crippen LogP contribution in [-0.2, 0) is 22.6 Å². The molecule has 2 heterocycles. The quantitative estimate of drug-likeness (QED) is 0.567. The second-order valence-electron chi connectivity index (χ2n) is 7.43. The Labute approximate surface area is 160 Å². The van der Waals surface area contributed by atoms with Gasteiger partial charge in [-0.3, -0.25) is 9.59 Å². The highest BCUT2D eigenvalue weighted by Crippen LogP contribution is 2.24. The van der Waals surface area contributed by atoms with Crippen molar-refractivity contribution in [3.63, 3.8) is 0 Å². The summed E-state index contributed by atoms with van der Waals surface area (Å²) in [7, 11) is 0. The number of fused-ring (bicyclic) bond motifs is 1. The van der Waals surface area contributed by atoms with Crippen molar-refractivity contribution >= 4 is 23.2 Å². The third-order valence-electron chi connectivity index (χ3n) is 5.46. The Balaban J connectivity index is 1.27. The van der Waals surface area contributed by atoms with E-state index in [1.807, 2.05) is 4.90 Å². The Morgan fingerprint density at radius 3 is 2.73 bits per heavy atom. The van der Waals surface area contributed by atoms with Crippen LogP contribution in [0.4, 0.5) is 0 Å². The minimum atomic E-state index is -0.0192. The van der Waals surface area contributed by atoms with Crippen molar-refractivity contribution in [3.8, 4) is 0 Å². The number of thiophene rings is 1. The lowest BCUT2D eigenvalue weighted by Gasteiger charge is -2.27. The zero-order valence-corrected chi connectivity index (χ0v) is 16.4. The molecule has 0 bridgehead atoms. The number of nitrogens with zero attached hydrogens (tertiary/aromatic N) is 1. The van der Waals surface area contributed by atoms with Crippen LogP contribution in [0.1, 0.15) is 61.8 Å². The van der Waals surface area contributed by atoms with E-state index < -0.39 is 0 Å². The Morgan fingerprint density at radius 1 is 1.12 bits per heavy atom. The number of carbonyl (C=O) groups excluding carboxylic acids is 2. The van der Waals surface area contributed by atoms with Crippen LogP contribution in [0.3, 0.4) is 0 Å². The first-order valence-electron chi connectivity index (χ1n) is 10.1. The molecular weight excluding hydrogens is 346 g/mol. The van der Waals surface area contributed by atoms with E-state index in [0.717, 1.165) is 19.5 Å². The fourth-order valence-corrected chi connectivity index (χ4v) is 4.78. The lowest BCUT2D eigenvalue weighted by molar-refractivity contribution is -0.134. The van der Waals surface area contributed by atoms with Gasteiger partial charge in [-0.1, -0.05) is 25.7 Å². The molecule has 0 spiro atoms. The van der Waals surface area contributed by atoms with Crippen molar-refractivity contribution in [3.05, 3.63) is 21.9 Å². The van der Waals surface area contributed by atoms with Crippen LogP contribution in [0.5, 0.6) is 0 Å². The second-order valence-corrected chi connectivity index (χ2v) is 8.43. The summed E-state index contributed by atoms with van der Waals surface area (Å²) in [5.41, 5.74) is 1.27. The third-order valence-corrected chi connectivity index (χ3v) is 6.48. The van der Waals surface area contributed by atoms with E-state index in [9.17, 15) is 9.59 Å². The Hall–Kier alpha value is -1.40. The number of carbonyl (C=O) groups is 2. The first-order chi connectivity index (χ1) is 12.7. The Kier molecular flexibility index (Phi) is 7.50. The maximum atomic E-state index is 12.3. The molecule has 2 aliphatic rings. The van der Waals surface area contributed by atoms with Gasteiger partial charge in [-0.15, -0.1) is 11.3 Å². The molecule has 0 radical (unpaired) electrons. The van der Waals surface area contributed by atoms with Crippen molar-refractivity contribution in [1.29, 1.82) is 0 Å². The molecule has 0 saturated heterocycles. The van der Waals surface area contributed by atoms with Crippen LogP contribution >= 0.6 is 11.3 Å². The van der Waals surface area contributed by atoms with Crippen molar-refractivity contribution in [2.45, 2.75) is 70.4 Å². The van der Waals surface area contributed by atoms with E-state index in [2.05, 4.69) is 22.1 Å². The van der Waals surface area contributed by atoms with Crippen LogP contribution in [0.25, 0.3) is 0 Å². The number of amides is 2. The van der Waals surface area contributed by atoms with Gasteiger partial charge in [-0.2, -0.15) is 0 Å². The van der Waals surface area contributed by atoms with Crippen LogP contribution in [0.2, 0.25) is 0 Å². The fraction of sp³-hybridized carbons (Fsp3) is 0.700. The molecular formula is C20H31N3O2S. The maximum Gasteiger partial charge on any atom is 0.223 e. The van der Waals surface area contributed by atoms with Crippen molar-refractivity contribution in [2.75, 3.05) is 19.6 Å². The van der Waals surface area contributed by atoms with Gasteiger partial charge < -0.3 is 15.5 Å². The van der Waals surface area contributed by atoms with Gasteiger partial charge in [0.1, 0.15) is 0 Å². The molecule has 6 heteroatoms. The highest BCUT2D eigenvalue weighted by atomic mass is 32.1. The summed E-state index contributed by atoms with van der Waals surface area (Å²) in [4.78, 5) is 27.6. The number of hydrogen-bond acceptors (Lipinski definition) is 4. The van der Waals surface area contributed by atoms with Gasteiger partial charge in [0.15, 0.2) is 0 Å². The minimum absolute atomic E-state index is 0.0192. The average molecular weight is 378 g/mol. The lowest BCUT2D eigenvalue weighted by atomic mass is 10.1. The van der Waals surface area contributed by atoms with E-state index in [1.54, 1.807) is 11.3 Å². The molecule has 1 aromatic rings. The summed E-state index contributed by atoms with van der Waals surface area (Å²) in [6.45, 7) is 2.94. The van der Waals surface area contributed by atoms with Gasteiger partial charge in [0, 0.05) is 49.9 Å². The zero-order chi connectivity index (χ0) is 18.2. The first-order valence-corrected chi connectivity index (χ1v) is 10.9. The van der Waals surface area contributed by atoms with E-state index in [1.165, 1.54) is 49.0 Å². The monoisotopic (exact) mass is 377 g/mol. The van der Waals surface area contributed by atoms with E-state index in [0.29, 0.717) is 25.6 Å². The summed E-state index contributed by atoms with van der Waals surface area (Å²) >= 11 is 1.77. The highest BCUT2D eigenvalue weighted by Gasteiger charge is 2.21. The third kappa shape index (κ3) is 5.81. The molecule has 0 aromatic carbocycles. The van der Waals surface area contributed by atoms with Crippen LogP contribution in [-0.4, -0.2) is 42.4 Å². The van der Waals surface area contributed by atoms with Crippen LogP contribution in [0, 0.1) is 0 Å². The summed E-state index contributed by atoms with van der Waals surface area (Å²) in [5.74, 6) is 0.0721. The smallest absolute Gasteiger partial charge is 0.223 e. The molecule has 2 N–H and O–H groups in total. The van der Waals surface area contributed by atoms with Gasteiger partial charge in [0.05, 0.1) is 0 Å². The predicted molar refractivity (Wildman–Crippen MR) is 105 cm³/mol. The molecule has 1 aliphatic heterocycles. The molecule has 0 unspecified atom stereocenters. The fourth-order valence-electron chi connectivity index (χ4n) is 3.89. The summed E-state index contributed by atoms with van der Waals surface area (Å²) in [6.07, 6.45) is 9.38. The summed E-state index contributed by atoms with van der Waals surface area (Å²) in [6, 6.07) is 2.71. The van der Waals surface area contributed by atoms with Crippen LogP contribution < -0.4 is 10.6 Å². The van der Waals surface area contributed by atoms with Gasteiger partial charge in [-0.25, -0.2) is 0 Å². The van der Waals surface area contributed by atoms with E-state index in [-0.39, 0.29) is 18.2 Å². The number of hydrogen-bond donors (Lipinski definition) is 2. The van der Waals surface area contributed by atoms with Crippen molar-refractivity contribution < 1.29 is 9.59 Å². The summed E-state index contributed by atoms with van der Waals surface area (Å²) in [5, 5.41) is 8.58. The molecule has 2 amide bonds. The van der Waals surface area contributed by atoms with Gasteiger partial charge in [0.2, 0.25) is 11.8 Å². The molecule has 0 atom stereocenters.